The fourth-order valence-electron chi connectivity index (χ4n) is 4.29. The van der Waals surface area contributed by atoms with Crippen LogP contribution in [0.1, 0.15) is 37.9 Å². The largest absolute Gasteiger partial charge is 0.493 e. The maximum Gasteiger partial charge on any atom is 0.338 e. The molecule has 3 aromatic rings. The Kier molecular flexibility index (Phi) is 8.20. The van der Waals surface area contributed by atoms with Crippen LogP contribution in [-0.2, 0) is 14.3 Å². The highest BCUT2D eigenvalue weighted by molar-refractivity contribution is 7.07. The van der Waals surface area contributed by atoms with Crippen LogP contribution >= 0.6 is 11.3 Å². The standard InChI is InChI=1S/C28H28N2O8S/c1-7-37-27(33)24-15(2)29-28-30(25(24)18-9-11-19(34-4)22(14-18)36-6)26(32)23(39-28)13-17-8-10-20(38-16(3)31)21(12-17)35-5/h8-14,25H,7H2,1-6H3/b23-13+. The Morgan fingerprint density at radius 1 is 1.00 bits per heavy atom. The van der Waals surface area contributed by atoms with E-state index in [2.05, 4.69) is 4.99 Å². The number of fused-ring (bicyclic) bond motifs is 1. The van der Waals surface area contributed by atoms with E-state index in [1.165, 1.54) is 44.2 Å². The first-order valence-corrected chi connectivity index (χ1v) is 12.8. The van der Waals surface area contributed by atoms with Crippen molar-refractivity contribution in [2.24, 2.45) is 4.99 Å². The highest BCUT2D eigenvalue weighted by Gasteiger charge is 2.34. The van der Waals surface area contributed by atoms with E-state index in [-0.39, 0.29) is 23.5 Å². The lowest BCUT2D eigenvalue weighted by molar-refractivity contribution is -0.139. The van der Waals surface area contributed by atoms with Gasteiger partial charge in [-0.1, -0.05) is 23.5 Å². The number of methoxy groups -OCH3 is 3. The van der Waals surface area contributed by atoms with Crippen molar-refractivity contribution in [3.63, 3.8) is 0 Å². The minimum atomic E-state index is -0.803. The third-order valence-corrected chi connectivity index (χ3v) is 6.96. The van der Waals surface area contributed by atoms with Crippen LogP contribution in [0.3, 0.4) is 0 Å². The highest BCUT2D eigenvalue weighted by Crippen LogP contribution is 2.36. The van der Waals surface area contributed by atoms with Crippen molar-refractivity contribution in [2.45, 2.75) is 26.8 Å². The summed E-state index contributed by atoms with van der Waals surface area (Å²) >= 11 is 1.19. The van der Waals surface area contributed by atoms with Gasteiger partial charge in [0.05, 0.1) is 49.8 Å². The zero-order valence-electron chi connectivity index (χ0n) is 22.4. The topological polar surface area (TPSA) is 115 Å². The number of benzene rings is 2. The van der Waals surface area contributed by atoms with Crippen LogP contribution in [0.2, 0.25) is 0 Å². The van der Waals surface area contributed by atoms with E-state index in [1.54, 1.807) is 56.3 Å². The van der Waals surface area contributed by atoms with Gasteiger partial charge in [-0.2, -0.15) is 0 Å². The molecular formula is C28H28N2O8S. The van der Waals surface area contributed by atoms with Gasteiger partial charge < -0.3 is 23.7 Å². The normalized spacial score (nSPS) is 14.8. The van der Waals surface area contributed by atoms with Gasteiger partial charge in [-0.25, -0.2) is 9.79 Å². The number of hydrogen-bond acceptors (Lipinski definition) is 10. The highest BCUT2D eigenvalue weighted by atomic mass is 32.1. The first-order valence-electron chi connectivity index (χ1n) is 12.0. The summed E-state index contributed by atoms with van der Waals surface area (Å²) in [6.45, 7) is 4.91. The van der Waals surface area contributed by atoms with Gasteiger partial charge in [0.2, 0.25) is 0 Å². The second-order valence-corrected chi connectivity index (χ2v) is 9.43. The molecule has 0 bridgehead atoms. The second kappa shape index (κ2) is 11.6. The Morgan fingerprint density at radius 2 is 1.67 bits per heavy atom. The molecule has 1 unspecified atom stereocenters. The minimum Gasteiger partial charge on any atom is -0.493 e. The van der Waals surface area contributed by atoms with Gasteiger partial charge in [0.1, 0.15) is 0 Å². The Morgan fingerprint density at radius 3 is 2.31 bits per heavy atom. The molecule has 0 N–H and O–H groups in total. The molecule has 2 aromatic carbocycles. The summed E-state index contributed by atoms with van der Waals surface area (Å²) in [6, 6.07) is 9.40. The Balaban J connectivity index is 1.92. The number of carbonyl (C=O) groups is 2. The first kappa shape index (κ1) is 27.6. The Hall–Kier alpha value is -4.38. The molecule has 1 atom stereocenters. The lowest BCUT2D eigenvalue weighted by Crippen LogP contribution is -2.39. The van der Waals surface area contributed by atoms with Crippen LogP contribution in [0.5, 0.6) is 23.0 Å². The molecule has 0 spiro atoms. The van der Waals surface area contributed by atoms with Crippen molar-refractivity contribution in [3.8, 4) is 23.0 Å². The van der Waals surface area contributed by atoms with E-state index >= 15 is 0 Å². The van der Waals surface area contributed by atoms with Crippen molar-refractivity contribution in [2.75, 3.05) is 27.9 Å². The third kappa shape index (κ3) is 5.44. The summed E-state index contributed by atoms with van der Waals surface area (Å²) in [5, 5.41) is 0. The van der Waals surface area contributed by atoms with Crippen LogP contribution in [0.25, 0.3) is 6.08 Å². The molecule has 10 nitrogen and oxygen atoms in total. The van der Waals surface area contributed by atoms with Gasteiger partial charge in [0.15, 0.2) is 27.8 Å². The molecular weight excluding hydrogens is 524 g/mol. The molecule has 0 saturated carbocycles. The zero-order valence-corrected chi connectivity index (χ0v) is 23.2. The average Bonchev–Trinajstić information content (AvgIpc) is 3.21. The fourth-order valence-corrected chi connectivity index (χ4v) is 5.34. The number of esters is 2. The van der Waals surface area contributed by atoms with E-state index < -0.39 is 18.0 Å². The van der Waals surface area contributed by atoms with Crippen molar-refractivity contribution in [3.05, 3.63) is 78.5 Å². The lowest BCUT2D eigenvalue weighted by atomic mass is 9.95. The molecule has 4 rings (SSSR count). The van der Waals surface area contributed by atoms with Crippen molar-refractivity contribution in [1.29, 1.82) is 0 Å². The number of nitrogens with zero attached hydrogens (tertiary/aromatic N) is 2. The summed E-state index contributed by atoms with van der Waals surface area (Å²) in [4.78, 5) is 43.3. The molecule has 0 aliphatic carbocycles. The third-order valence-electron chi connectivity index (χ3n) is 5.98. The number of allylic oxidation sites excluding steroid dienone is 1. The Labute approximate surface area is 228 Å². The molecule has 1 aliphatic rings. The molecule has 2 heterocycles. The summed E-state index contributed by atoms with van der Waals surface area (Å²) in [6.07, 6.45) is 1.69. The SMILES string of the molecule is CCOC(=O)C1=C(C)N=c2s/c(=C/c3ccc(OC(C)=O)c(OC)c3)c(=O)n2C1c1ccc(OC)c(OC)c1. The molecule has 11 heteroatoms. The lowest BCUT2D eigenvalue weighted by Gasteiger charge is -2.25. The average molecular weight is 553 g/mol. The Bertz CT molecular complexity index is 1650. The second-order valence-electron chi connectivity index (χ2n) is 8.42. The molecule has 39 heavy (non-hydrogen) atoms. The van der Waals surface area contributed by atoms with Crippen molar-refractivity contribution in [1.82, 2.24) is 4.57 Å². The molecule has 0 radical (unpaired) electrons. The number of rotatable bonds is 8. The summed E-state index contributed by atoms with van der Waals surface area (Å²) in [5.41, 5.74) is 1.65. The smallest absolute Gasteiger partial charge is 0.338 e. The first-order chi connectivity index (χ1) is 18.7. The van der Waals surface area contributed by atoms with Gasteiger partial charge in [-0.3, -0.25) is 14.2 Å². The quantitative estimate of drug-likeness (QED) is 0.310. The summed E-state index contributed by atoms with van der Waals surface area (Å²) in [5.74, 6) is 0.547. The fraction of sp³-hybridized carbons (Fsp3) is 0.286. The number of hydrogen-bond donors (Lipinski definition) is 0. The monoisotopic (exact) mass is 552 g/mol. The van der Waals surface area contributed by atoms with Crippen LogP contribution in [-0.4, -0.2) is 44.4 Å². The van der Waals surface area contributed by atoms with E-state index in [4.69, 9.17) is 23.7 Å². The van der Waals surface area contributed by atoms with Crippen LogP contribution in [0.15, 0.2) is 57.5 Å². The van der Waals surface area contributed by atoms with Gasteiger partial charge in [-0.15, -0.1) is 0 Å². The molecule has 1 aromatic heterocycles. The van der Waals surface area contributed by atoms with E-state index in [0.29, 0.717) is 43.4 Å². The van der Waals surface area contributed by atoms with E-state index in [1.807, 2.05) is 0 Å². The van der Waals surface area contributed by atoms with Crippen molar-refractivity contribution < 1.29 is 33.3 Å². The van der Waals surface area contributed by atoms with Crippen LogP contribution in [0.4, 0.5) is 0 Å². The number of aromatic nitrogens is 1. The number of carbonyl (C=O) groups excluding carboxylic acids is 2. The van der Waals surface area contributed by atoms with Crippen LogP contribution in [0, 0.1) is 0 Å². The van der Waals surface area contributed by atoms with Crippen molar-refractivity contribution >= 4 is 29.4 Å². The molecule has 0 saturated heterocycles. The predicted molar refractivity (Wildman–Crippen MR) is 144 cm³/mol. The number of ether oxygens (including phenoxy) is 5. The molecule has 0 amide bonds. The maximum atomic E-state index is 13.8. The van der Waals surface area contributed by atoms with E-state index in [0.717, 1.165) is 0 Å². The summed E-state index contributed by atoms with van der Waals surface area (Å²) in [7, 11) is 4.51. The van der Waals surface area contributed by atoms with Gasteiger partial charge >= 0.3 is 11.9 Å². The van der Waals surface area contributed by atoms with Gasteiger partial charge in [0.25, 0.3) is 5.56 Å². The number of thiazole rings is 1. The summed E-state index contributed by atoms with van der Waals surface area (Å²) < 4.78 is 28.6. The van der Waals surface area contributed by atoms with Crippen LogP contribution < -0.4 is 33.8 Å². The van der Waals surface area contributed by atoms with E-state index in [9.17, 15) is 14.4 Å². The zero-order chi connectivity index (χ0) is 28.3. The molecule has 0 fully saturated rings. The molecule has 204 valence electrons. The minimum absolute atomic E-state index is 0.170. The van der Waals surface area contributed by atoms with Gasteiger partial charge in [-0.05, 0) is 55.3 Å². The van der Waals surface area contributed by atoms with Gasteiger partial charge in [0, 0.05) is 6.92 Å². The molecule has 1 aliphatic heterocycles. The maximum absolute atomic E-state index is 13.8. The predicted octanol–water partition coefficient (Wildman–Crippen LogP) is 2.75.